The zero-order valence-corrected chi connectivity index (χ0v) is 44.2. The molecule has 3 aromatic rings. The van der Waals surface area contributed by atoms with Crippen LogP contribution in [0.5, 0.6) is 46.0 Å². The van der Waals surface area contributed by atoms with Gasteiger partial charge in [0.05, 0.1) is 39.6 Å². The van der Waals surface area contributed by atoms with Gasteiger partial charge in [0.15, 0.2) is 23.0 Å². The molecule has 0 heterocycles. The molecule has 0 fully saturated rings. The van der Waals surface area contributed by atoms with Gasteiger partial charge in [-0.3, -0.25) is 0 Å². The number of carbonyl (C=O) groups excluding carboxylic acids is 2. The average Bonchev–Trinajstić information content (AvgIpc) is 3.36. The summed E-state index contributed by atoms with van der Waals surface area (Å²) in [6.45, 7) is 16.5. The van der Waals surface area contributed by atoms with Crippen LogP contribution in [0.4, 0.5) is 0 Å². The molecule has 0 aliphatic carbocycles. The summed E-state index contributed by atoms with van der Waals surface area (Å²) in [5.41, 5.74) is 1.40. The minimum absolute atomic E-state index is 0.302. The molecule has 0 radical (unpaired) electrons. The lowest BCUT2D eigenvalue weighted by molar-refractivity contribution is -0.130. The molecule has 3 aromatic carbocycles. The SMILES string of the molecule is CCCCCCOc1ccc(/C=C/C(=O)Oc2ccc(OC(=O)/C=C/c3ccc(OCCCCCC)c(OCCCCCC)c3OCCCCCC)cc2)c(OCCCCCC)c1OCCCCCC. The van der Waals surface area contributed by atoms with Crippen molar-refractivity contribution in [2.45, 2.75) is 196 Å². The van der Waals surface area contributed by atoms with Crippen LogP contribution in [0.25, 0.3) is 12.2 Å². The Bertz CT molecular complexity index is 1770. The summed E-state index contributed by atoms with van der Waals surface area (Å²) in [6, 6.07) is 14.0. The fraction of sp³-hybridized carbons (Fsp3) is 0.600. The van der Waals surface area contributed by atoms with Gasteiger partial charge in [-0.25, -0.2) is 9.59 Å². The zero-order valence-electron chi connectivity index (χ0n) is 44.2. The van der Waals surface area contributed by atoms with E-state index < -0.39 is 11.9 Å². The quantitative estimate of drug-likeness (QED) is 0.0236. The molecular weight excluding hydrogens is 881 g/mol. The topological polar surface area (TPSA) is 108 Å². The Kier molecular flexibility index (Phi) is 32.6. The lowest BCUT2D eigenvalue weighted by Gasteiger charge is -2.19. The molecule has 0 saturated carbocycles. The second-order valence-electron chi connectivity index (χ2n) is 18.1. The Morgan fingerprint density at radius 3 is 0.886 bits per heavy atom. The molecule has 0 spiro atoms. The Hall–Kier alpha value is -5.12. The second kappa shape index (κ2) is 38.6. The highest BCUT2D eigenvalue weighted by atomic mass is 16.6. The molecule has 0 saturated heterocycles. The van der Waals surface area contributed by atoms with Gasteiger partial charge < -0.3 is 37.9 Å². The predicted molar refractivity (Wildman–Crippen MR) is 286 cm³/mol. The molecule has 0 amide bonds. The van der Waals surface area contributed by atoms with Crippen molar-refractivity contribution in [3.63, 3.8) is 0 Å². The molecular formula is C60H90O10. The minimum atomic E-state index is -0.569. The monoisotopic (exact) mass is 971 g/mol. The second-order valence-corrected chi connectivity index (χ2v) is 18.1. The highest BCUT2D eigenvalue weighted by Crippen LogP contribution is 2.43. The van der Waals surface area contributed by atoms with Gasteiger partial charge in [-0.15, -0.1) is 0 Å². The van der Waals surface area contributed by atoms with Crippen molar-refractivity contribution in [3.05, 3.63) is 71.8 Å². The van der Waals surface area contributed by atoms with Gasteiger partial charge >= 0.3 is 11.9 Å². The van der Waals surface area contributed by atoms with Gasteiger partial charge in [-0.05, 0) is 99.2 Å². The molecule has 390 valence electrons. The van der Waals surface area contributed by atoms with Crippen LogP contribution in [-0.2, 0) is 9.59 Å². The largest absolute Gasteiger partial charge is 0.490 e. The van der Waals surface area contributed by atoms with Crippen molar-refractivity contribution in [1.29, 1.82) is 0 Å². The van der Waals surface area contributed by atoms with Crippen LogP contribution >= 0.6 is 0 Å². The summed E-state index contributed by atoms with van der Waals surface area (Å²) >= 11 is 0. The van der Waals surface area contributed by atoms with Gasteiger partial charge in [0.2, 0.25) is 11.5 Å². The van der Waals surface area contributed by atoms with E-state index >= 15 is 0 Å². The molecule has 0 aliphatic rings. The Labute approximate surface area is 423 Å². The first-order valence-corrected chi connectivity index (χ1v) is 27.4. The summed E-state index contributed by atoms with van der Waals surface area (Å²) in [6.07, 6.45) is 32.1. The maximum absolute atomic E-state index is 13.2. The van der Waals surface area contributed by atoms with E-state index in [0.29, 0.717) is 96.8 Å². The molecule has 0 aliphatic heterocycles. The first-order valence-electron chi connectivity index (χ1n) is 27.4. The smallest absolute Gasteiger partial charge is 0.336 e. The normalized spacial score (nSPS) is 11.3. The third kappa shape index (κ3) is 24.6. The number of esters is 2. The van der Waals surface area contributed by atoms with Crippen LogP contribution in [0.1, 0.15) is 207 Å². The van der Waals surface area contributed by atoms with Crippen molar-refractivity contribution in [3.8, 4) is 46.0 Å². The third-order valence-electron chi connectivity index (χ3n) is 11.8. The van der Waals surface area contributed by atoms with Gasteiger partial charge in [0, 0.05) is 23.3 Å². The summed E-state index contributed by atoms with van der Waals surface area (Å²) < 4.78 is 49.6. The van der Waals surface area contributed by atoms with Crippen molar-refractivity contribution >= 4 is 24.1 Å². The summed E-state index contributed by atoms with van der Waals surface area (Å²) in [5, 5.41) is 0. The van der Waals surface area contributed by atoms with Crippen molar-refractivity contribution in [2.24, 2.45) is 0 Å². The predicted octanol–water partition coefficient (Wildman–Crippen LogP) is 16.7. The number of benzene rings is 3. The van der Waals surface area contributed by atoms with E-state index in [0.717, 1.165) is 141 Å². The van der Waals surface area contributed by atoms with Gasteiger partial charge in [0.1, 0.15) is 11.5 Å². The third-order valence-corrected chi connectivity index (χ3v) is 11.8. The van der Waals surface area contributed by atoms with Crippen LogP contribution in [0.2, 0.25) is 0 Å². The standard InChI is InChI=1S/C60H90O10/c1-7-13-19-25-43-63-53-39-31-49(57(65-45-27-21-15-9-3)59(53)67-47-29-23-17-11-5)33-41-55(61)69-51-35-37-52(38-36-51)70-56(62)42-34-50-32-40-54(64-44-26-20-14-8-2)60(68-48-30-24-18-12-6)58(50)66-46-28-22-16-10-4/h31-42H,7-30,43-48H2,1-6H3/b41-33+,42-34+. The highest BCUT2D eigenvalue weighted by Gasteiger charge is 2.20. The van der Waals surface area contributed by atoms with E-state index in [-0.39, 0.29) is 0 Å². The van der Waals surface area contributed by atoms with Gasteiger partial charge in [-0.2, -0.15) is 0 Å². The lowest BCUT2D eigenvalue weighted by Crippen LogP contribution is -2.08. The first kappa shape index (κ1) is 59.2. The molecule has 10 nitrogen and oxygen atoms in total. The first-order chi connectivity index (χ1) is 34.4. The molecule has 0 N–H and O–H groups in total. The number of hydrogen-bond acceptors (Lipinski definition) is 10. The molecule has 0 unspecified atom stereocenters. The van der Waals surface area contributed by atoms with Crippen molar-refractivity contribution in [2.75, 3.05) is 39.6 Å². The summed E-state index contributed by atoms with van der Waals surface area (Å²) in [7, 11) is 0. The van der Waals surface area contributed by atoms with Gasteiger partial charge in [0.25, 0.3) is 0 Å². The van der Waals surface area contributed by atoms with Crippen LogP contribution in [-0.4, -0.2) is 51.6 Å². The molecule has 10 heteroatoms. The zero-order chi connectivity index (χ0) is 50.3. The number of carbonyl (C=O) groups is 2. The Morgan fingerprint density at radius 2 is 0.600 bits per heavy atom. The van der Waals surface area contributed by atoms with E-state index in [2.05, 4.69) is 41.5 Å². The number of unbranched alkanes of at least 4 members (excludes halogenated alkanes) is 18. The van der Waals surface area contributed by atoms with Crippen LogP contribution < -0.4 is 37.9 Å². The highest BCUT2D eigenvalue weighted by molar-refractivity contribution is 5.90. The van der Waals surface area contributed by atoms with E-state index in [4.69, 9.17) is 37.9 Å². The Balaban J connectivity index is 1.77. The van der Waals surface area contributed by atoms with Crippen LogP contribution in [0, 0.1) is 0 Å². The number of ether oxygens (including phenoxy) is 8. The van der Waals surface area contributed by atoms with E-state index in [1.165, 1.54) is 25.0 Å². The van der Waals surface area contributed by atoms with Crippen LogP contribution in [0.3, 0.4) is 0 Å². The van der Waals surface area contributed by atoms with Crippen molar-refractivity contribution < 1.29 is 47.5 Å². The number of hydrogen-bond donors (Lipinski definition) is 0. The summed E-state index contributed by atoms with van der Waals surface area (Å²) in [5.74, 6) is 3.06. The van der Waals surface area contributed by atoms with E-state index in [9.17, 15) is 9.59 Å². The summed E-state index contributed by atoms with van der Waals surface area (Å²) in [4.78, 5) is 26.4. The number of rotatable bonds is 42. The van der Waals surface area contributed by atoms with Gasteiger partial charge in [-0.1, -0.05) is 157 Å². The maximum Gasteiger partial charge on any atom is 0.336 e. The molecule has 3 rings (SSSR count). The molecule has 0 atom stereocenters. The van der Waals surface area contributed by atoms with Crippen LogP contribution in [0.15, 0.2) is 60.7 Å². The fourth-order valence-corrected chi connectivity index (χ4v) is 7.61. The minimum Gasteiger partial charge on any atom is -0.490 e. The lowest BCUT2D eigenvalue weighted by atomic mass is 10.1. The average molecular weight is 971 g/mol. The maximum atomic E-state index is 13.2. The van der Waals surface area contributed by atoms with E-state index in [1.54, 1.807) is 36.4 Å². The Morgan fingerprint density at radius 1 is 0.329 bits per heavy atom. The van der Waals surface area contributed by atoms with Crippen molar-refractivity contribution in [1.82, 2.24) is 0 Å². The molecule has 70 heavy (non-hydrogen) atoms. The molecule has 0 bridgehead atoms. The fourth-order valence-electron chi connectivity index (χ4n) is 7.61. The van der Waals surface area contributed by atoms with E-state index in [1.807, 2.05) is 24.3 Å². The molecule has 0 aromatic heterocycles.